The Hall–Kier alpha value is -4.24. The van der Waals surface area contributed by atoms with Gasteiger partial charge in [-0.2, -0.15) is 0 Å². The average molecular weight is 504 g/mol. The van der Waals surface area contributed by atoms with Crippen molar-refractivity contribution in [2.75, 3.05) is 24.6 Å². The van der Waals surface area contributed by atoms with Gasteiger partial charge in [-0.3, -0.25) is 24.1 Å². The molecule has 3 aromatic rings. The molecule has 2 atom stereocenters. The molecule has 0 saturated carbocycles. The molecule has 2 aromatic carbocycles. The van der Waals surface area contributed by atoms with Gasteiger partial charge in [0.25, 0.3) is 5.91 Å². The van der Waals surface area contributed by atoms with E-state index in [1.807, 2.05) is 6.07 Å². The molecule has 2 heterocycles. The molecule has 0 spiro atoms. The lowest BCUT2D eigenvalue weighted by Gasteiger charge is -2.32. The summed E-state index contributed by atoms with van der Waals surface area (Å²) in [7, 11) is 0. The minimum atomic E-state index is -1.03. The third-order valence-corrected chi connectivity index (χ3v) is 6.12. The van der Waals surface area contributed by atoms with E-state index in [-0.39, 0.29) is 30.1 Å². The maximum Gasteiger partial charge on any atom is 0.287 e. The molecule has 3 amide bonds. The first-order chi connectivity index (χ1) is 17.9. The molecule has 9 heteroatoms. The number of anilines is 1. The standard InChI is InChI=1S/C28H29N3O6/c1-19(32)20-11-13-22(14-12-20)31(25(33)18-30-27(34)24-10-6-16-37-24)26(21-7-3-2-4-8-21)28(35)29-17-23-9-5-15-36-23/h2-4,6-8,10-14,16,23,26H,5,9,15,17-18H2,1H3,(H,29,35)(H,30,34). The number of Topliss-reactive ketones (excluding diaryl/α,β-unsaturated/α-hetero) is 1. The number of furan rings is 1. The third kappa shape index (κ3) is 6.50. The third-order valence-electron chi connectivity index (χ3n) is 6.12. The van der Waals surface area contributed by atoms with Crippen LogP contribution in [0.4, 0.5) is 5.69 Å². The number of benzene rings is 2. The van der Waals surface area contributed by atoms with Gasteiger partial charge in [-0.1, -0.05) is 30.3 Å². The van der Waals surface area contributed by atoms with E-state index < -0.39 is 17.9 Å². The number of nitrogens with zero attached hydrogens (tertiary/aromatic N) is 1. The first kappa shape index (κ1) is 25.8. The molecule has 9 nitrogen and oxygen atoms in total. The van der Waals surface area contributed by atoms with Gasteiger partial charge in [-0.15, -0.1) is 0 Å². The Balaban J connectivity index is 1.65. The molecule has 192 valence electrons. The second kappa shape index (κ2) is 12.1. The Kier molecular flexibility index (Phi) is 8.48. The van der Waals surface area contributed by atoms with Crippen LogP contribution in [0.5, 0.6) is 0 Å². The SMILES string of the molecule is CC(=O)c1ccc(N(C(=O)CNC(=O)c2ccco2)C(C(=O)NCC2CCCO2)c2ccccc2)cc1. The minimum absolute atomic E-state index is 0.0686. The van der Waals surface area contributed by atoms with Crippen LogP contribution in [0.25, 0.3) is 0 Å². The van der Waals surface area contributed by atoms with E-state index in [4.69, 9.17) is 9.15 Å². The van der Waals surface area contributed by atoms with Gasteiger partial charge in [0.05, 0.1) is 18.9 Å². The van der Waals surface area contributed by atoms with Gasteiger partial charge in [-0.25, -0.2) is 0 Å². The summed E-state index contributed by atoms with van der Waals surface area (Å²) in [6, 6.07) is 17.4. The monoisotopic (exact) mass is 503 g/mol. The lowest BCUT2D eigenvalue weighted by atomic mass is 10.0. The number of ether oxygens (including phenoxy) is 1. The molecule has 2 N–H and O–H groups in total. The van der Waals surface area contributed by atoms with Crippen LogP contribution in [-0.4, -0.2) is 49.3 Å². The molecule has 1 aliphatic heterocycles. The van der Waals surface area contributed by atoms with Gasteiger partial charge in [0.15, 0.2) is 11.5 Å². The predicted molar refractivity (Wildman–Crippen MR) is 136 cm³/mol. The van der Waals surface area contributed by atoms with Crippen molar-refractivity contribution in [1.82, 2.24) is 10.6 Å². The Labute approximate surface area is 214 Å². The molecule has 2 unspecified atom stereocenters. The number of carbonyl (C=O) groups is 4. The van der Waals surface area contributed by atoms with Gasteiger partial charge in [0.1, 0.15) is 6.04 Å². The van der Waals surface area contributed by atoms with Crippen molar-refractivity contribution >= 4 is 29.2 Å². The topological polar surface area (TPSA) is 118 Å². The lowest BCUT2D eigenvalue weighted by Crippen LogP contribution is -2.48. The maximum absolute atomic E-state index is 13.6. The van der Waals surface area contributed by atoms with E-state index in [9.17, 15) is 19.2 Å². The van der Waals surface area contributed by atoms with Crippen molar-refractivity contribution in [3.8, 4) is 0 Å². The quantitative estimate of drug-likeness (QED) is 0.410. The highest BCUT2D eigenvalue weighted by atomic mass is 16.5. The fraction of sp³-hybridized carbons (Fsp3) is 0.286. The molecule has 0 bridgehead atoms. The summed E-state index contributed by atoms with van der Waals surface area (Å²) in [5.41, 5.74) is 1.47. The summed E-state index contributed by atoms with van der Waals surface area (Å²) >= 11 is 0. The number of amides is 3. The molecule has 0 radical (unpaired) electrons. The molecular weight excluding hydrogens is 474 g/mol. The summed E-state index contributed by atoms with van der Waals surface area (Å²) in [4.78, 5) is 52.8. The van der Waals surface area contributed by atoms with Crippen molar-refractivity contribution in [2.45, 2.75) is 31.9 Å². The molecular formula is C28H29N3O6. The van der Waals surface area contributed by atoms with E-state index in [2.05, 4.69) is 10.6 Å². The molecule has 0 aliphatic carbocycles. The van der Waals surface area contributed by atoms with Crippen LogP contribution in [-0.2, 0) is 14.3 Å². The van der Waals surface area contributed by atoms with Crippen molar-refractivity contribution < 1.29 is 28.3 Å². The number of carbonyl (C=O) groups excluding carboxylic acids is 4. The van der Waals surface area contributed by atoms with Gasteiger partial charge in [0.2, 0.25) is 11.8 Å². The average Bonchev–Trinajstić information content (AvgIpc) is 3.64. The lowest BCUT2D eigenvalue weighted by molar-refractivity contribution is -0.126. The normalized spacial score (nSPS) is 15.5. The van der Waals surface area contributed by atoms with E-state index in [0.29, 0.717) is 30.0 Å². The first-order valence-corrected chi connectivity index (χ1v) is 12.1. The van der Waals surface area contributed by atoms with Crippen molar-refractivity contribution in [2.24, 2.45) is 0 Å². The summed E-state index contributed by atoms with van der Waals surface area (Å²) in [6.07, 6.45) is 3.07. The van der Waals surface area contributed by atoms with Gasteiger partial charge >= 0.3 is 0 Å². The van der Waals surface area contributed by atoms with Gasteiger partial charge < -0.3 is 19.8 Å². The van der Waals surface area contributed by atoms with Crippen LogP contribution in [0.3, 0.4) is 0 Å². The second-order valence-corrected chi connectivity index (χ2v) is 8.72. The fourth-order valence-electron chi connectivity index (χ4n) is 4.20. The second-order valence-electron chi connectivity index (χ2n) is 8.72. The zero-order chi connectivity index (χ0) is 26.2. The highest BCUT2D eigenvalue weighted by Crippen LogP contribution is 2.29. The number of hydrogen-bond acceptors (Lipinski definition) is 6. The molecule has 1 aromatic heterocycles. The van der Waals surface area contributed by atoms with Crippen molar-refractivity contribution in [3.63, 3.8) is 0 Å². The fourth-order valence-corrected chi connectivity index (χ4v) is 4.20. The van der Waals surface area contributed by atoms with Gasteiger partial charge in [0, 0.05) is 24.4 Å². The number of hydrogen-bond donors (Lipinski definition) is 2. The van der Waals surface area contributed by atoms with Crippen LogP contribution >= 0.6 is 0 Å². The molecule has 37 heavy (non-hydrogen) atoms. The Bertz CT molecular complexity index is 1220. The number of nitrogens with one attached hydrogen (secondary N) is 2. The number of ketones is 1. The van der Waals surface area contributed by atoms with Crippen LogP contribution in [0.15, 0.2) is 77.4 Å². The van der Waals surface area contributed by atoms with E-state index in [0.717, 1.165) is 12.8 Å². The van der Waals surface area contributed by atoms with Crippen LogP contribution < -0.4 is 15.5 Å². The first-order valence-electron chi connectivity index (χ1n) is 12.1. The molecule has 1 fully saturated rings. The predicted octanol–water partition coefficient (Wildman–Crippen LogP) is 3.28. The highest BCUT2D eigenvalue weighted by molar-refractivity contribution is 6.04. The Morgan fingerprint density at radius 3 is 2.35 bits per heavy atom. The van der Waals surface area contributed by atoms with E-state index in [1.165, 1.54) is 24.2 Å². The van der Waals surface area contributed by atoms with Crippen LogP contribution in [0.1, 0.15) is 52.3 Å². The van der Waals surface area contributed by atoms with Crippen LogP contribution in [0.2, 0.25) is 0 Å². The number of rotatable bonds is 10. The largest absolute Gasteiger partial charge is 0.459 e. The Morgan fingerprint density at radius 2 is 1.73 bits per heavy atom. The summed E-state index contributed by atoms with van der Waals surface area (Å²) in [5.74, 6) is -1.51. The van der Waals surface area contributed by atoms with Crippen molar-refractivity contribution in [3.05, 3.63) is 89.9 Å². The molecule has 4 rings (SSSR count). The minimum Gasteiger partial charge on any atom is -0.459 e. The van der Waals surface area contributed by atoms with Gasteiger partial charge in [-0.05, 0) is 61.7 Å². The molecule has 1 saturated heterocycles. The van der Waals surface area contributed by atoms with Crippen LogP contribution in [0, 0.1) is 0 Å². The highest BCUT2D eigenvalue weighted by Gasteiger charge is 2.33. The maximum atomic E-state index is 13.6. The van der Waals surface area contributed by atoms with E-state index in [1.54, 1.807) is 54.6 Å². The van der Waals surface area contributed by atoms with Crippen molar-refractivity contribution in [1.29, 1.82) is 0 Å². The Morgan fingerprint density at radius 1 is 0.973 bits per heavy atom. The smallest absolute Gasteiger partial charge is 0.287 e. The summed E-state index contributed by atoms with van der Waals surface area (Å²) in [5, 5.41) is 5.49. The zero-order valence-electron chi connectivity index (χ0n) is 20.5. The zero-order valence-corrected chi connectivity index (χ0v) is 20.5. The van der Waals surface area contributed by atoms with E-state index >= 15 is 0 Å². The molecule has 1 aliphatic rings. The summed E-state index contributed by atoms with van der Waals surface area (Å²) < 4.78 is 10.7. The summed E-state index contributed by atoms with van der Waals surface area (Å²) in [6.45, 7) is 2.05.